The van der Waals surface area contributed by atoms with Crippen LogP contribution in [-0.2, 0) is 4.43 Å². The van der Waals surface area contributed by atoms with Crippen LogP contribution >= 0.6 is 22.6 Å². The second kappa shape index (κ2) is 7.46. The minimum Gasteiger partial charge on any atom is -0.541 e. The van der Waals surface area contributed by atoms with Crippen LogP contribution in [0.5, 0.6) is 0 Å². The second-order valence-electron chi connectivity index (χ2n) is 5.85. The van der Waals surface area contributed by atoms with Crippen molar-refractivity contribution >= 4 is 41.3 Å². The first kappa shape index (κ1) is 15.8. The number of hydrogen-bond donors (Lipinski definition) is 0. The molecule has 1 heterocycles. The fourth-order valence-electron chi connectivity index (χ4n) is 3.21. The standard InChI is InChI=1S/C19H21IOSi/c20-15-17-9-7-8-14-21-22(16-17,18-10-3-1-4-11-18)19-12-5-2-6-13-19/h1-6,8,10-14,17H,7,9,15-16H2/b14-8-. The molecule has 0 bridgehead atoms. The maximum Gasteiger partial charge on any atom is 0.314 e. The van der Waals surface area contributed by atoms with Crippen molar-refractivity contribution in [1.82, 2.24) is 0 Å². The number of alkyl halides is 1. The summed E-state index contributed by atoms with van der Waals surface area (Å²) in [7, 11) is -2.19. The van der Waals surface area contributed by atoms with Crippen LogP contribution < -0.4 is 10.4 Å². The highest BCUT2D eigenvalue weighted by molar-refractivity contribution is 14.1. The van der Waals surface area contributed by atoms with E-state index in [1.807, 2.05) is 6.26 Å². The summed E-state index contributed by atoms with van der Waals surface area (Å²) in [6.45, 7) is 0. The summed E-state index contributed by atoms with van der Waals surface area (Å²) in [4.78, 5) is 0. The van der Waals surface area contributed by atoms with E-state index in [0.29, 0.717) is 0 Å². The summed E-state index contributed by atoms with van der Waals surface area (Å²) < 4.78 is 7.73. The van der Waals surface area contributed by atoms with Gasteiger partial charge in [-0.05, 0) is 35.2 Å². The van der Waals surface area contributed by atoms with E-state index in [9.17, 15) is 0 Å². The van der Waals surface area contributed by atoms with E-state index in [4.69, 9.17) is 4.43 Å². The third-order valence-corrected chi connectivity index (χ3v) is 9.85. The van der Waals surface area contributed by atoms with Crippen molar-refractivity contribution in [3.63, 3.8) is 0 Å². The number of allylic oxidation sites excluding steroid dienone is 1. The van der Waals surface area contributed by atoms with Crippen molar-refractivity contribution in [2.45, 2.75) is 18.9 Å². The van der Waals surface area contributed by atoms with Crippen molar-refractivity contribution in [2.75, 3.05) is 4.43 Å². The third-order valence-electron chi connectivity index (χ3n) is 4.38. The van der Waals surface area contributed by atoms with Crippen LogP contribution in [0.25, 0.3) is 0 Å². The molecule has 1 atom stereocenters. The van der Waals surface area contributed by atoms with Crippen molar-refractivity contribution in [3.05, 3.63) is 73.0 Å². The van der Waals surface area contributed by atoms with Gasteiger partial charge in [0.2, 0.25) is 0 Å². The average Bonchev–Trinajstić information content (AvgIpc) is 2.57. The van der Waals surface area contributed by atoms with Crippen LogP contribution in [0, 0.1) is 5.92 Å². The van der Waals surface area contributed by atoms with E-state index in [1.54, 1.807) is 0 Å². The van der Waals surface area contributed by atoms with Gasteiger partial charge in [0.1, 0.15) is 0 Å². The number of rotatable bonds is 3. The van der Waals surface area contributed by atoms with Gasteiger partial charge < -0.3 is 4.43 Å². The average molecular weight is 420 g/mol. The molecular weight excluding hydrogens is 399 g/mol. The van der Waals surface area contributed by atoms with Gasteiger partial charge >= 0.3 is 8.32 Å². The lowest BCUT2D eigenvalue weighted by Crippen LogP contribution is -2.61. The smallest absolute Gasteiger partial charge is 0.314 e. The molecule has 3 rings (SSSR count). The first-order valence-corrected chi connectivity index (χ1v) is 11.5. The predicted molar refractivity (Wildman–Crippen MR) is 105 cm³/mol. The van der Waals surface area contributed by atoms with Gasteiger partial charge in [-0.3, -0.25) is 0 Å². The van der Waals surface area contributed by atoms with Crippen LogP contribution in [0.15, 0.2) is 73.0 Å². The highest BCUT2D eigenvalue weighted by Crippen LogP contribution is 2.27. The summed E-state index contributed by atoms with van der Waals surface area (Å²) in [5, 5.41) is 2.75. The minimum absolute atomic E-state index is 0.720. The molecule has 1 aliphatic rings. The Hall–Kier alpha value is -1.07. The Morgan fingerprint density at radius 2 is 1.55 bits per heavy atom. The second-order valence-corrected chi connectivity index (χ2v) is 10.2. The Bertz CT molecular complexity index is 572. The lowest BCUT2D eigenvalue weighted by Gasteiger charge is -2.35. The highest BCUT2D eigenvalue weighted by Gasteiger charge is 2.42. The van der Waals surface area contributed by atoms with Crippen LogP contribution in [0.1, 0.15) is 12.8 Å². The monoisotopic (exact) mass is 420 g/mol. The van der Waals surface area contributed by atoms with Crippen molar-refractivity contribution in [3.8, 4) is 0 Å². The van der Waals surface area contributed by atoms with Crippen LogP contribution in [0.2, 0.25) is 6.04 Å². The maximum absolute atomic E-state index is 6.53. The summed E-state index contributed by atoms with van der Waals surface area (Å²) in [5.41, 5.74) is 0. The summed E-state index contributed by atoms with van der Waals surface area (Å²) in [6, 6.07) is 22.9. The topological polar surface area (TPSA) is 9.23 Å². The van der Waals surface area contributed by atoms with Gasteiger partial charge in [0.25, 0.3) is 0 Å². The van der Waals surface area contributed by atoms with Gasteiger partial charge in [0.05, 0.1) is 6.26 Å². The first-order chi connectivity index (χ1) is 10.8. The molecule has 0 amide bonds. The molecule has 0 saturated carbocycles. The number of benzene rings is 2. The van der Waals surface area contributed by atoms with E-state index in [0.717, 1.165) is 18.4 Å². The van der Waals surface area contributed by atoms with Crippen LogP contribution in [0.3, 0.4) is 0 Å². The zero-order valence-electron chi connectivity index (χ0n) is 12.6. The SMILES string of the molecule is ICC1CC/C=C\O[Si](c2ccccc2)(c2ccccc2)C1. The van der Waals surface area contributed by atoms with E-state index in [1.165, 1.54) is 21.2 Å². The molecule has 0 radical (unpaired) electrons. The van der Waals surface area contributed by atoms with E-state index in [-0.39, 0.29) is 0 Å². The van der Waals surface area contributed by atoms with Crippen molar-refractivity contribution in [1.29, 1.82) is 0 Å². The van der Waals surface area contributed by atoms with Crippen LogP contribution in [0.4, 0.5) is 0 Å². The lowest BCUT2D eigenvalue weighted by molar-refractivity contribution is 0.448. The Kier molecular flexibility index (Phi) is 5.36. The molecule has 0 spiro atoms. The quantitative estimate of drug-likeness (QED) is 0.413. The van der Waals surface area contributed by atoms with Crippen LogP contribution in [-0.4, -0.2) is 12.7 Å². The molecule has 114 valence electrons. The van der Waals surface area contributed by atoms with E-state index >= 15 is 0 Å². The van der Waals surface area contributed by atoms with Crippen molar-refractivity contribution in [2.24, 2.45) is 5.92 Å². The number of hydrogen-bond acceptors (Lipinski definition) is 1. The zero-order valence-corrected chi connectivity index (χ0v) is 15.8. The van der Waals surface area contributed by atoms with Gasteiger partial charge in [0.15, 0.2) is 0 Å². The molecule has 2 aromatic rings. The molecule has 0 aliphatic carbocycles. The largest absolute Gasteiger partial charge is 0.541 e. The molecule has 1 nitrogen and oxygen atoms in total. The molecule has 3 heteroatoms. The molecule has 22 heavy (non-hydrogen) atoms. The van der Waals surface area contributed by atoms with Crippen molar-refractivity contribution < 1.29 is 4.43 Å². The fourth-order valence-corrected chi connectivity index (χ4v) is 8.67. The van der Waals surface area contributed by atoms with E-state index in [2.05, 4.69) is 89.3 Å². The zero-order chi connectivity index (χ0) is 15.3. The molecule has 0 fully saturated rings. The summed E-state index contributed by atoms with van der Waals surface area (Å²) >= 11 is 2.53. The minimum atomic E-state index is -2.19. The molecule has 0 N–H and O–H groups in total. The lowest BCUT2D eigenvalue weighted by atomic mass is 10.1. The Morgan fingerprint density at radius 3 is 2.09 bits per heavy atom. The van der Waals surface area contributed by atoms with Gasteiger partial charge in [0, 0.05) is 4.43 Å². The predicted octanol–water partition coefficient (Wildman–Crippen LogP) is 4.12. The maximum atomic E-state index is 6.53. The molecule has 0 aromatic heterocycles. The number of halogens is 1. The molecular formula is C19H21IOSi. The Morgan fingerprint density at radius 1 is 0.955 bits per heavy atom. The Balaban J connectivity index is 2.13. The summed E-state index contributed by atoms with van der Waals surface area (Å²) in [5.74, 6) is 0.720. The first-order valence-electron chi connectivity index (χ1n) is 7.85. The normalized spacial score (nSPS) is 22.1. The molecule has 1 aliphatic heterocycles. The van der Waals surface area contributed by atoms with E-state index < -0.39 is 8.32 Å². The molecule has 0 saturated heterocycles. The third kappa shape index (κ3) is 3.30. The van der Waals surface area contributed by atoms with Gasteiger partial charge in [-0.2, -0.15) is 0 Å². The summed E-state index contributed by atoms with van der Waals surface area (Å²) in [6.07, 6.45) is 6.56. The molecule has 2 aromatic carbocycles. The highest BCUT2D eigenvalue weighted by atomic mass is 127. The van der Waals surface area contributed by atoms with Gasteiger partial charge in [-0.25, -0.2) is 0 Å². The fraction of sp³-hybridized carbons (Fsp3) is 0.263. The van der Waals surface area contributed by atoms with Gasteiger partial charge in [-0.1, -0.05) is 89.3 Å². The Labute approximate surface area is 147 Å². The molecule has 1 unspecified atom stereocenters. The van der Waals surface area contributed by atoms with Gasteiger partial charge in [-0.15, -0.1) is 0 Å².